The number of nitrogens with one attached hydrogen (secondary N) is 1. The minimum absolute atomic E-state index is 0.200. The van der Waals surface area contributed by atoms with E-state index in [4.69, 9.17) is 0 Å². The number of nitrogens with zero attached hydrogens (tertiary/aromatic N) is 1. The first-order valence-corrected chi connectivity index (χ1v) is 9.17. The Bertz CT molecular complexity index is 586. The van der Waals surface area contributed by atoms with Crippen LogP contribution in [0.5, 0.6) is 0 Å². The Hall–Kier alpha value is -1.35. The molecule has 23 heavy (non-hydrogen) atoms. The lowest BCUT2D eigenvalue weighted by atomic mass is 9.91. The van der Waals surface area contributed by atoms with Crippen LogP contribution in [0.2, 0.25) is 0 Å². The van der Waals surface area contributed by atoms with E-state index in [0.717, 1.165) is 50.9 Å². The second-order valence-electron chi connectivity index (χ2n) is 8.01. The minimum Gasteiger partial charge on any atom is -0.342 e. The highest BCUT2D eigenvalue weighted by atomic mass is 16.2. The van der Waals surface area contributed by atoms with Crippen LogP contribution in [0, 0.1) is 25.7 Å². The van der Waals surface area contributed by atoms with Crippen molar-refractivity contribution in [1.29, 1.82) is 0 Å². The molecule has 3 nitrogen and oxygen atoms in total. The van der Waals surface area contributed by atoms with Gasteiger partial charge in [0.05, 0.1) is 5.41 Å². The van der Waals surface area contributed by atoms with Crippen LogP contribution >= 0.6 is 0 Å². The first kappa shape index (κ1) is 15.2. The van der Waals surface area contributed by atoms with Gasteiger partial charge in [-0.05, 0) is 70.0 Å². The second-order valence-corrected chi connectivity index (χ2v) is 8.01. The highest BCUT2D eigenvalue weighted by Crippen LogP contribution is 2.50. The molecule has 2 atom stereocenters. The van der Waals surface area contributed by atoms with E-state index in [1.54, 1.807) is 0 Å². The van der Waals surface area contributed by atoms with Crippen LogP contribution in [-0.4, -0.2) is 37.0 Å². The number of amides is 1. The van der Waals surface area contributed by atoms with E-state index >= 15 is 0 Å². The SMILES string of the molecule is Cc1cc(C)cc(C2(C(=O)N3CC[C@@H]4CNC[C@@H]4CC3)CC2)c1. The molecular formula is C20H28N2O. The number of rotatable bonds is 2. The summed E-state index contributed by atoms with van der Waals surface area (Å²) < 4.78 is 0. The Morgan fingerprint density at radius 2 is 1.61 bits per heavy atom. The monoisotopic (exact) mass is 312 g/mol. The molecule has 3 fully saturated rings. The Kier molecular flexibility index (Phi) is 3.72. The van der Waals surface area contributed by atoms with Crippen LogP contribution in [0.4, 0.5) is 0 Å². The number of hydrogen-bond donors (Lipinski definition) is 1. The molecule has 2 heterocycles. The number of hydrogen-bond acceptors (Lipinski definition) is 2. The Labute approximate surface area is 139 Å². The molecule has 0 radical (unpaired) electrons. The van der Waals surface area contributed by atoms with Crippen molar-refractivity contribution in [3.8, 4) is 0 Å². The fourth-order valence-corrected chi connectivity index (χ4v) is 4.73. The summed E-state index contributed by atoms with van der Waals surface area (Å²) in [7, 11) is 0. The molecule has 1 saturated carbocycles. The standard InChI is InChI=1S/C20H28N2O/c1-14-9-15(2)11-18(10-14)20(5-6-20)19(23)22-7-3-16-12-21-13-17(16)4-8-22/h9-11,16-17,21H,3-8,12-13H2,1-2H3/t16-,17+. The topological polar surface area (TPSA) is 32.3 Å². The Morgan fingerprint density at radius 1 is 1.04 bits per heavy atom. The fourth-order valence-electron chi connectivity index (χ4n) is 4.73. The maximum absolute atomic E-state index is 13.3. The molecule has 2 aliphatic heterocycles. The Balaban J connectivity index is 1.54. The van der Waals surface area contributed by atoms with Crippen LogP contribution in [0.3, 0.4) is 0 Å². The summed E-state index contributed by atoms with van der Waals surface area (Å²) in [6.45, 7) is 8.47. The highest BCUT2D eigenvalue weighted by molar-refractivity contribution is 5.91. The number of carbonyl (C=O) groups excluding carboxylic acids is 1. The zero-order valence-corrected chi connectivity index (χ0v) is 14.4. The van der Waals surface area contributed by atoms with Crippen molar-refractivity contribution >= 4 is 5.91 Å². The minimum atomic E-state index is -0.200. The largest absolute Gasteiger partial charge is 0.342 e. The van der Waals surface area contributed by atoms with Gasteiger partial charge in [0.15, 0.2) is 0 Å². The van der Waals surface area contributed by atoms with E-state index in [0.29, 0.717) is 5.91 Å². The molecule has 1 N–H and O–H groups in total. The number of fused-ring (bicyclic) bond motifs is 1. The van der Waals surface area contributed by atoms with Gasteiger partial charge in [0.1, 0.15) is 0 Å². The third kappa shape index (κ3) is 2.69. The number of aryl methyl sites for hydroxylation is 2. The van der Waals surface area contributed by atoms with Crippen molar-refractivity contribution in [2.24, 2.45) is 11.8 Å². The quantitative estimate of drug-likeness (QED) is 0.911. The van der Waals surface area contributed by atoms with E-state index < -0.39 is 0 Å². The summed E-state index contributed by atoms with van der Waals surface area (Å²) in [5.74, 6) is 1.96. The zero-order chi connectivity index (χ0) is 16.0. The van der Waals surface area contributed by atoms with Gasteiger partial charge in [-0.15, -0.1) is 0 Å². The number of carbonyl (C=O) groups is 1. The van der Waals surface area contributed by atoms with Crippen molar-refractivity contribution < 1.29 is 4.79 Å². The van der Waals surface area contributed by atoms with Crippen molar-refractivity contribution in [2.45, 2.75) is 44.9 Å². The lowest BCUT2D eigenvalue weighted by Gasteiger charge is -2.27. The van der Waals surface area contributed by atoms with Crippen LogP contribution in [0.15, 0.2) is 18.2 Å². The maximum atomic E-state index is 13.3. The molecule has 1 amide bonds. The third-order valence-corrected chi connectivity index (χ3v) is 6.24. The lowest BCUT2D eigenvalue weighted by molar-refractivity contribution is -0.134. The predicted molar refractivity (Wildman–Crippen MR) is 92.5 cm³/mol. The van der Waals surface area contributed by atoms with Crippen molar-refractivity contribution in [3.05, 3.63) is 34.9 Å². The Morgan fingerprint density at radius 3 is 2.13 bits per heavy atom. The molecule has 4 rings (SSSR count). The van der Waals surface area contributed by atoms with Gasteiger partial charge in [0, 0.05) is 13.1 Å². The molecule has 0 aromatic heterocycles. The van der Waals surface area contributed by atoms with E-state index in [2.05, 4.69) is 42.3 Å². The van der Waals surface area contributed by atoms with E-state index in [9.17, 15) is 4.79 Å². The van der Waals surface area contributed by atoms with Gasteiger partial charge in [-0.2, -0.15) is 0 Å². The number of benzene rings is 1. The number of likely N-dealkylation sites (tertiary alicyclic amines) is 1. The summed E-state index contributed by atoms with van der Waals surface area (Å²) >= 11 is 0. The molecule has 0 unspecified atom stereocenters. The van der Waals surface area contributed by atoms with Gasteiger partial charge < -0.3 is 10.2 Å². The van der Waals surface area contributed by atoms with Crippen molar-refractivity contribution in [2.75, 3.05) is 26.2 Å². The van der Waals surface area contributed by atoms with Gasteiger partial charge in [0.25, 0.3) is 0 Å². The van der Waals surface area contributed by atoms with E-state index in [-0.39, 0.29) is 5.41 Å². The van der Waals surface area contributed by atoms with Crippen LogP contribution < -0.4 is 5.32 Å². The molecule has 1 aromatic rings. The first-order valence-electron chi connectivity index (χ1n) is 9.17. The summed E-state index contributed by atoms with van der Waals surface area (Å²) in [4.78, 5) is 15.5. The second kappa shape index (κ2) is 5.62. The van der Waals surface area contributed by atoms with Gasteiger partial charge >= 0.3 is 0 Å². The molecule has 3 heteroatoms. The molecular weight excluding hydrogens is 284 g/mol. The summed E-state index contributed by atoms with van der Waals surface area (Å²) in [6, 6.07) is 6.66. The van der Waals surface area contributed by atoms with Gasteiger partial charge in [-0.1, -0.05) is 29.3 Å². The molecule has 2 saturated heterocycles. The summed E-state index contributed by atoms with van der Waals surface area (Å²) in [6.07, 6.45) is 4.40. The summed E-state index contributed by atoms with van der Waals surface area (Å²) in [5.41, 5.74) is 3.60. The average Bonchev–Trinajstić information content (AvgIpc) is 3.25. The van der Waals surface area contributed by atoms with Crippen molar-refractivity contribution in [3.63, 3.8) is 0 Å². The van der Waals surface area contributed by atoms with Crippen LogP contribution in [0.25, 0.3) is 0 Å². The highest BCUT2D eigenvalue weighted by Gasteiger charge is 2.53. The fraction of sp³-hybridized carbons (Fsp3) is 0.650. The molecule has 0 bridgehead atoms. The predicted octanol–water partition coefficient (Wildman–Crippen LogP) is 2.79. The molecule has 0 spiro atoms. The molecule has 1 aliphatic carbocycles. The first-order chi connectivity index (χ1) is 11.1. The van der Waals surface area contributed by atoms with Crippen LogP contribution in [0.1, 0.15) is 42.4 Å². The molecule has 3 aliphatic rings. The average molecular weight is 312 g/mol. The summed E-state index contributed by atoms with van der Waals surface area (Å²) in [5, 5.41) is 3.51. The molecule has 1 aromatic carbocycles. The normalized spacial score (nSPS) is 29.0. The van der Waals surface area contributed by atoms with Crippen molar-refractivity contribution in [1.82, 2.24) is 10.2 Å². The van der Waals surface area contributed by atoms with Gasteiger partial charge in [-0.3, -0.25) is 4.79 Å². The molecule has 124 valence electrons. The van der Waals surface area contributed by atoms with E-state index in [1.807, 2.05) is 0 Å². The maximum Gasteiger partial charge on any atom is 0.233 e. The zero-order valence-electron chi connectivity index (χ0n) is 14.4. The van der Waals surface area contributed by atoms with Gasteiger partial charge in [-0.25, -0.2) is 0 Å². The lowest BCUT2D eigenvalue weighted by Crippen LogP contribution is -2.40. The van der Waals surface area contributed by atoms with Gasteiger partial charge in [0.2, 0.25) is 5.91 Å². The smallest absolute Gasteiger partial charge is 0.233 e. The van der Waals surface area contributed by atoms with E-state index in [1.165, 1.54) is 29.5 Å². The van der Waals surface area contributed by atoms with Crippen LogP contribution in [-0.2, 0) is 10.2 Å². The third-order valence-electron chi connectivity index (χ3n) is 6.24.